The summed E-state index contributed by atoms with van der Waals surface area (Å²) in [6, 6.07) is -0.989. The number of nitrogens with two attached hydrogens (primary N) is 3. The molecule has 4 atom stereocenters. The third kappa shape index (κ3) is 11.2. The molecule has 3 aromatic heterocycles. The molecule has 0 radical (unpaired) electrons. The number of rotatable bonds is 22. The van der Waals surface area contributed by atoms with Crippen molar-refractivity contribution in [3.63, 3.8) is 0 Å². The predicted molar refractivity (Wildman–Crippen MR) is 210 cm³/mol. The number of thiazole rings is 3. The van der Waals surface area contributed by atoms with Gasteiger partial charge in [0.25, 0.3) is 11.8 Å². The lowest BCUT2D eigenvalue weighted by molar-refractivity contribution is 0.0877. The van der Waals surface area contributed by atoms with Crippen LogP contribution in [0.5, 0.6) is 0 Å². The Morgan fingerprint density at radius 1 is 0.725 bits per heavy atom. The number of amides is 2. The van der Waals surface area contributed by atoms with Gasteiger partial charge in [0.1, 0.15) is 9.75 Å². The summed E-state index contributed by atoms with van der Waals surface area (Å²) in [6.45, 7) is 16.7. The summed E-state index contributed by atoms with van der Waals surface area (Å²) in [6.07, 6.45) is 6.89. The quantitative estimate of drug-likeness (QED) is 0.0506. The third-order valence-electron chi connectivity index (χ3n) is 9.29. The second-order valence-corrected chi connectivity index (χ2v) is 16.8. The third-order valence-corrected chi connectivity index (χ3v) is 12.4. The predicted octanol–water partition coefficient (Wildman–Crippen LogP) is 6.19. The molecule has 0 aliphatic carbocycles. The molecule has 0 aliphatic rings. The average Bonchev–Trinajstić information content (AvgIpc) is 3.83. The average molecular weight is 762 g/mol. The van der Waals surface area contributed by atoms with Crippen LogP contribution in [-0.4, -0.2) is 57.2 Å². The van der Waals surface area contributed by atoms with Crippen molar-refractivity contribution in [1.29, 1.82) is 0 Å². The first-order valence-electron chi connectivity index (χ1n) is 18.3. The molecule has 0 aromatic carbocycles. The number of carbonyl (C=O) groups excluding carboxylic acids is 3. The highest BCUT2D eigenvalue weighted by atomic mass is 32.1. The van der Waals surface area contributed by atoms with Gasteiger partial charge in [0.2, 0.25) is 0 Å². The normalized spacial score (nSPS) is 14.3. The van der Waals surface area contributed by atoms with Gasteiger partial charge in [-0.25, -0.2) is 15.0 Å². The summed E-state index contributed by atoms with van der Waals surface area (Å²) in [7, 11) is 0. The van der Waals surface area contributed by atoms with Crippen LogP contribution < -0.4 is 33.2 Å². The molecule has 15 heteroatoms. The van der Waals surface area contributed by atoms with Gasteiger partial charge in [0.05, 0.1) is 60.6 Å². The van der Waals surface area contributed by atoms with E-state index in [1.54, 1.807) is 0 Å². The van der Waals surface area contributed by atoms with Crippen molar-refractivity contribution in [2.24, 2.45) is 17.2 Å². The molecule has 284 valence electrons. The van der Waals surface area contributed by atoms with E-state index in [1.807, 2.05) is 41.5 Å². The van der Waals surface area contributed by atoms with Crippen molar-refractivity contribution >= 4 is 51.6 Å². The summed E-state index contributed by atoms with van der Waals surface area (Å²) >= 11 is 3.98. The maximum absolute atomic E-state index is 14.0. The van der Waals surface area contributed by atoms with E-state index in [0.29, 0.717) is 58.4 Å². The lowest BCUT2D eigenvalue weighted by atomic mass is 9.87. The number of aryl methyl sites for hydroxylation is 3. The fourth-order valence-electron chi connectivity index (χ4n) is 5.81. The van der Waals surface area contributed by atoms with Crippen molar-refractivity contribution in [2.75, 3.05) is 13.1 Å². The highest BCUT2D eigenvalue weighted by Gasteiger charge is 2.36. The minimum atomic E-state index is -1.00. The second-order valence-electron chi connectivity index (χ2n) is 13.4. The molecule has 0 saturated carbocycles. The van der Waals surface area contributed by atoms with E-state index in [4.69, 9.17) is 27.2 Å². The van der Waals surface area contributed by atoms with Crippen LogP contribution in [-0.2, 0) is 6.42 Å². The molecule has 3 rings (SSSR count). The van der Waals surface area contributed by atoms with Crippen LogP contribution in [0, 0.1) is 13.8 Å². The van der Waals surface area contributed by atoms with E-state index in [9.17, 15) is 14.4 Å². The zero-order valence-electron chi connectivity index (χ0n) is 31.6. The van der Waals surface area contributed by atoms with Gasteiger partial charge in [0.15, 0.2) is 5.78 Å². The fourth-order valence-corrected chi connectivity index (χ4v) is 8.86. The molecule has 0 aliphatic heterocycles. The number of carbonyl (C=O) groups is 3. The minimum absolute atomic E-state index is 0.0889. The first-order valence-corrected chi connectivity index (χ1v) is 20.7. The van der Waals surface area contributed by atoms with Crippen LogP contribution in [0.2, 0.25) is 0 Å². The second kappa shape index (κ2) is 20.0. The zero-order chi connectivity index (χ0) is 37.9. The summed E-state index contributed by atoms with van der Waals surface area (Å²) in [4.78, 5) is 57.3. The van der Waals surface area contributed by atoms with E-state index in [2.05, 4.69) is 34.8 Å². The Morgan fingerprint density at radius 2 is 1.24 bits per heavy atom. The summed E-state index contributed by atoms with van der Waals surface area (Å²) in [5, 5.41) is 12.2. The molecular weight excluding hydrogens is 703 g/mol. The number of nitrogens with zero attached hydrogens (tertiary/aromatic N) is 3. The van der Waals surface area contributed by atoms with E-state index in [-0.39, 0.29) is 29.7 Å². The summed E-state index contributed by atoms with van der Waals surface area (Å²) in [5.41, 5.74) is 18.8. The minimum Gasteiger partial charge on any atom is -0.343 e. The Morgan fingerprint density at radius 3 is 1.78 bits per heavy atom. The molecule has 3 heterocycles. The van der Waals surface area contributed by atoms with Crippen LogP contribution in [0.4, 0.5) is 0 Å². The van der Waals surface area contributed by atoms with Crippen molar-refractivity contribution < 1.29 is 14.4 Å². The monoisotopic (exact) mass is 761 g/mol. The lowest BCUT2D eigenvalue weighted by Gasteiger charge is -2.25. The van der Waals surface area contributed by atoms with Crippen LogP contribution in [0.3, 0.4) is 0 Å². The van der Waals surface area contributed by atoms with Gasteiger partial charge < -0.3 is 33.2 Å². The summed E-state index contributed by atoms with van der Waals surface area (Å²) < 4.78 is 0. The van der Waals surface area contributed by atoms with Gasteiger partial charge in [-0.15, -0.1) is 34.0 Å². The van der Waals surface area contributed by atoms with E-state index in [0.717, 1.165) is 59.2 Å². The van der Waals surface area contributed by atoms with Crippen LogP contribution in [0.1, 0.15) is 172 Å². The molecule has 51 heavy (non-hydrogen) atoms. The molecule has 2 amide bonds. The molecule has 9 N–H and O–H groups in total. The number of nitrogens with one attached hydrogen (secondary N) is 3. The van der Waals surface area contributed by atoms with Crippen LogP contribution in [0.15, 0.2) is 0 Å². The molecule has 3 aromatic rings. The first kappa shape index (κ1) is 42.8. The molecule has 12 nitrogen and oxygen atoms in total. The summed E-state index contributed by atoms with van der Waals surface area (Å²) in [5.74, 6) is -0.763. The van der Waals surface area contributed by atoms with Gasteiger partial charge in [-0.3, -0.25) is 14.4 Å². The fraction of sp³-hybridized carbons (Fsp3) is 0.667. The van der Waals surface area contributed by atoms with Gasteiger partial charge in [-0.2, -0.15) is 0 Å². The number of unbranched alkanes of at least 4 members (excludes halogenated alkanes) is 2. The van der Waals surface area contributed by atoms with Crippen molar-refractivity contribution in [3.8, 4) is 0 Å². The number of Topliss-reactive ketones (excluding diaryl/α,β-unsaturated/α-hetero) is 1. The smallest absolute Gasteiger partial charge is 0.263 e. The molecule has 0 saturated heterocycles. The first-order chi connectivity index (χ1) is 24.2. The maximum atomic E-state index is 14.0. The Balaban J connectivity index is 1.92. The molecule has 1 unspecified atom stereocenters. The number of hydrogen-bond donors (Lipinski definition) is 6. The maximum Gasteiger partial charge on any atom is 0.263 e. The number of aromatic nitrogens is 3. The number of hydrogen-bond acceptors (Lipinski definition) is 13. The van der Waals surface area contributed by atoms with Crippen LogP contribution in [0.25, 0.3) is 0 Å². The molecule has 0 bridgehead atoms. The van der Waals surface area contributed by atoms with Gasteiger partial charge in [-0.05, 0) is 99.1 Å². The Kier molecular flexibility index (Phi) is 16.7. The highest BCUT2D eigenvalue weighted by Crippen LogP contribution is 2.32. The van der Waals surface area contributed by atoms with Crippen molar-refractivity contribution in [2.45, 2.75) is 143 Å². The van der Waals surface area contributed by atoms with E-state index in [1.165, 1.54) is 34.0 Å². The Bertz CT molecular complexity index is 1600. The van der Waals surface area contributed by atoms with Crippen molar-refractivity contribution in [3.05, 3.63) is 46.7 Å². The van der Waals surface area contributed by atoms with Crippen LogP contribution >= 0.6 is 34.0 Å². The van der Waals surface area contributed by atoms with Crippen molar-refractivity contribution in [1.82, 2.24) is 30.9 Å². The zero-order valence-corrected chi connectivity index (χ0v) is 34.1. The van der Waals surface area contributed by atoms with Gasteiger partial charge in [-0.1, -0.05) is 27.2 Å². The molecular formula is C36H59N9O3S3. The van der Waals surface area contributed by atoms with Gasteiger partial charge in [0, 0.05) is 6.04 Å². The Labute approximate surface area is 315 Å². The largest absolute Gasteiger partial charge is 0.343 e. The lowest BCUT2D eigenvalue weighted by Crippen LogP contribution is -2.47. The number of ketones is 1. The van der Waals surface area contributed by atoms with Gasteiger partial charge >= 0.3 is 0 Å². The van der Waals surface area contributed by atoms with E-state index >= 15 is 0 Å². The topological polar surface area (TPSA) is 204 Å². The van der Waals surface area contributed by atoms with E-state index < -0.39 is 17.6 Å². The standard InChI is InChI=1S/C36H59N9O3S3/c1-9-20(4)40-25(16-12-14-18-37)29-32(50-24(8)44-29)35(48)42-22(6)28-31(51-26(45-28)17-13-15-19-38)34(47)41-21(5)27-30(49-23(7)43-27)33(46)36(39,10-2)11-3/h20-22,25,40H,9-19,37-39H2,1-8H3,(H,41,47)(H,42,48)/t20?,21-,22-,25-/m0/s1. The molecule has 0 fully saturated rings. The molecule has 0 spiro atoms. The SMILES string of the molecule is CCC(C)N[C@@H](CCCCN)c1nc(C)sc1C(=O)N[C@@H](C)c1nc(CCCCN)sc1C(=O)N[C@@H](C)c1nc(C)sc1C(=O)C(N)(CC)CC. The highest BCUT2D eigenvalue weighted by molar-refractivity contribution is 7.14. The Hall–Kier alpha value is -2.66.